The first-order chi connectivity index (χ1) is 12.5. The molecule has 2 aromatic heterocycles. The number of rotatable bonds is 4. The van der Waals surface area contributed by atoms with Gasteiger partial charge < -0.3 is 9.67 Å². The molecule has 0 saturated heterocycles. The van der Waals surface area contributed by atoms with Crippen LogP contribution in [0, 0.1) is 5.82 Å². The van der Waals surface area contributed by atoms with Gasteiger partial charge in [-0.25, -0.2) is 9.37 Å². The number of aliphatic hydroxyl groups is 1. The molecule has 3 aromatic rings. The molecular formula is C18H19ClFN5O. The molecule has 0 fully saturated rings. The number of imidazole rings is 1. The Morgan fingerprint density at radius 3 is 2.88 bits per heavy atom. The second-order valence-electron chi connectivity index (χ2n) is 6.54. The summed E-state index contributed by atoms with van der Waals surface area (Å²) < 4.78 is 17.0. The quantitative estimate of drug-likeness (QED) is 0.761. The molecule has 6 nitrogen and oxygen atoms in total. The molecule has 136 valence electrons. The largest absolute Gasteiger partial charge is 0.379 e. The van der Waals surface area contributed by atoms with Crippen LogP contribution in [0.15, 0.2) is 36.7 Å². The lowest BCUT2D eigenvalue weighted by molar-refractivity contribution is 0.194. The molecule has 0 saturated carbocycles. The molecule has 1 aliphatic heterocycles. The Hall–Kier alpha value is -2.22. The van der Waals surface area contributed by atoms with Crippen molar-refractivity contribution in [3.05, 3.63) is 70.3 Å². The van der Waals surface area contributed by atoms with E-state index in [2.05, 4.69) is 15.0 Å². The highest BCUT2D eigenvalue weighted by atomic mass is 35.5. The number of aryl methyl sites for hydroxylation is 1. The second kappa shape index (κ2) is 6.83. The summed E-state index contributed by atoms with van der Waals surface area (Å²) in [6.45, 7) is 2.94. The van der Waals surface area contributed by atoms with E-state index in [1.165, 1.54) is 6.07 Å². The van der Waals surface area contributed by atoms with Crippen molar-refractivity contribution in [1.82, 2.24) is 24.2 Å². The highest BCUT2D eigenvalue weighted by molar-refractivity contribution is 6.30. The third-order valence-corrected chi connectivity index (χ3v) is 4.96. The number of aromatic nitrogens is 4. The van der Waals surface area contributed by atoms with Crippen LogP contribution in [0.4, 0.5) is 4.39 Å². The van der Waals surface area contributed by atoms with Gasteiger partial charge in [0.2, 0.25) is 0 Å². The van der Waals surface area contributed by atoms with Gasteiger partial charge in [-0.2, -0.15) is 5.10 Å². The van der Waals surface area contributed by atoms with Gasteiger partial charge in [-0.05, 0) is 23.8 Å². The minimum atomic E-state index is -0.850. The molecule has 0 spiro atoms. The number of hydrogen-bond acceptors (Lipinski definition) is 4. The van der Waals surface area contributed by atoms with Crippen LogP contribution in [-0.2, 0) is 26.7 Å². The van der Waals surface area contributed by atoms with E-state index in [1.807, 2.05) is 17.8 Å². The average Bonchev–Trinajstić information content (AvgIpc) is 3.23. The Bertz CT molecular complexity index is 938. The number of benzene rings is 1. The number of fused-ring (bicyclic) bond motifs is 1. The van der Waals surface area contributed by atoms with Crippen molar-refractivity contribution in [3.8, 4) is 0 Å². The van der Waals surface area contributed by atoms with Crippen LogP contribution in [0.25, 0.3) is 0 Å². The number of hydrogen-bond donors (Lipinski definition) is 1. The maximum Gasteiger partial charge on any atom is 0.155 e. The number of aliphatic hydroxyl groups excluding tert-OH is 1. The Morgan fingerprint density at radius 1 is 1.31 bits per heavy atom. The van der Waals surface area contributed by atoms with Crippen molar-refractivity contribution >= 4 is 11.6 Å². The Labute approximate surface area is 155 Å². The minimum Gasteiger partial charge on any atom is -0.379 e. The first-order valence-corrected chi connectivity index (χ1v) is 8.77. The molecule has 4 rings (SSSR count). The van der Waals surface area contributed by atoms with Gasteiger partial charge in [0.05, 0.1) is 23.0 Å². The molecule has 1 aromatic carbocycles. The van der Waals surface area contributed by atoms with Gasteiger partial charge in [-0.15, -0.1) is 0 Å². The monoisotopic (exact) mass is 375 g/mol. The van der Waals surface area contributed by atoms with Crippen LogP contribution in [0.1, 0.15) is 28.9 Å². The lowest BCUT2D eigenvalue weighted by atomic mass is 10.1. The van der Waals surface area contributed by atoms with E-state index in [0.717, 1.165) is 24.3 Å². The van der Waals surface area contributed by atoms with Gasteiger partial charge in [0.25, 0.3) is 0 Å². The number of halogens is 2. The zero-order valence-corrected chi connectivity index (χ0v) is 15.1. The van der Waals surface area contributed by atoms with Crippen LogP contribution in [0.2, 0.25) is 5.02 Å². The summed E-state index contributed by atoms with van der Waals surface area (Å²) in [5, 5.41) is 15.2. The maximum atomic E-state index is 13.3. The van der Waals surface area contributed by atoms with Crippen molar-refractivity contribution in [2.75, 3.05) is 6.54 Å². The summed E-state index contributed by atoms with van der Waals surface area (Å²) in [7, 11) is 1.84. The minimum absolute atomic E-state index is 0.144. The third kappa shape index (κ3) is 3.25. The standard InChI is InChI=1S/C18H19ClFN5O/c1-23-5-4-21-18(23)17(26)16-9-13-11-24(6-7-25(13)22-16)10-12-2-3-15(20)14(19)8-12/h2-5,8-9,17,26H,6-7,10-11H2,1H3/t17-/m1/s1. The van der Waals surface area contributed by atoms with Crippen molar-refractivity contribution in [2.45, 2.75) is 25.7 Å². The highest BCUT2D eigenvalue weighted by Gasteiger charge is 2.23. The van der Waals surface area contributed by atoms with E-state index >= 15 is 0 Å². The molecule has 3 heterocycles. The van der Waals surface area contributed by atoms with Crippen LogP contribution >= 0.6 is 11.6 Å². The normalized spacial score (nSPS) is 15.8. The molecule has 1 atom stereocenters. The molecule has 1 aliphatic rings. The third-order valence-electron chi connectivity index (χ3n) is 4.67. The van der Waals surface area contributed by atoms with E-state index in [9.17, 15) is 9.50 Å². The first-order valence-electron chi connectivity index (χ1n) is 8.39. The molecular weight excluding hydrogens is 357 g/mol. The summed E-state index contributed by atoms with van der Waals surface area (Å²) in [5.41, 5.74) is 2.60. The van der Waals surface area contributed by atoms with Gasteiger partial charge in [-0.3, -0.25) is 9.58 Å². The van der Waals surface area contributed by atoms with Gasteiger partial charge >= 0.3 is 0 Å². The molecule has 0 amide bonds. The van der Waals surface area contributed by atoms with E-state index < -0.39 is 11.9 Å². The molecule has 0 bridgehead atoms. The molecule has 0 radical (unpaired) electrons. The fourth-order valence-electron chi connectivity index (χ4n) is 3.28. The second-order valence-corrected chi connectivity index (χ2v) is 6.95. The summed E-state index contributed by atoms with van der Waals surface area (Å²) in [6.07, 6.45) is 2.60. The fraction of sp³-hybridized carbons (Fsp3) is 0.333. The lowest BCUT2D eigenvalue weighted by Crippen LogP contribution is -2.33. The molecule has 8 heteroatoms. The lowest BCUT2D eigenvalue weighted by Gasteiger charge is -2.27. The van der Waals surface area contributed by atoms with Crippen LogP contribution in [-0.4, -0.2) is 35.9 Å². The predicted molar refractivity (Wildman–Crippen MR) is 95.0 cm³/mol. The van der Waals surface area contributed by atoms with Crippen LogP contribution < -0.4 is 0 Å². The molecule has 1 N–H and O–H groups in total. The summed E-state index contributed by atoms with van der Waals surface area (Å²) in [5.74, 6) is 0.165. The van der Waals surface area contributed by atoms with Gasteiger partial charge in [-0.1, -0.05) is 17.7 Å². The van der Waals surface area contributed by atoms with Crippen LogP contribution in [0.3, 0.4) is 0 Å². The first kappa shape index (κ1) is 17.2. The topological polar surface area (TPSA) is 59.1 Å². The maximum absolute atomic E-state index is 13.3. The Morgan fingerprint density at radius 2 is 2.15 bits per heavy atom. The Kier molecular flexibility index (Phi) is 4.52. The van der Waals surface area contributed by atoms with Crippen molar-refractivity contribution < 1.29 is 9.50 Å². The van der Waals surface area contributed by atoms with Crippen LogP contribution in [0.5, 0.6) is 0 Å². The molecule has 0 aliphatic carbocycles. The van der Waals surface area contributed by atoms with Gasteiger partial charge in [0.15, 0.2) is 6.10 Å². The highest BCUT2D eigenvalue weighted by Crippen LogP contribution is 2.24. The van der Waals surface area contributed by atoms with Crippen molar-refractivity contribution in [3.63, 3.8) is 0 Å². The average molecular weight is 376 g/mol. The van der Waals surface area contributed by atoms with E-state index in [-0.39, 0.29) is 5.02 Å². The van der Waals surface area contributed by atoms with Gasteiger partial charge in [0, 0.05) is 39.1 Å². The predicted octanol–water partition coefficient (Wildman–Crippen LogP) is 2.51. The fourth-order valence-corrected chi connectivity index (χ4v) is 3.48. The van der Waals surface area contributed by atoms with E-state index in [4.69, 9.17) is 11.6 Å². The van der Waals surface area contributed by atoms with Crippen molar-refractivity contribution in [1.29, 1.82) is 0 Å². The zero-order valence-electron chi connectivity index (χ0n) is 14.3. The zero-order chi connectivity index (χ0) is 18.3. The van der Waals surface area contributed by atoms with Crippen molar-refractivity contribution in [2.24, 2.45) is 7.05 Å². The smallest absolute Gasteiger partial charge is 0.155 e. The number of nitrogens with zero attached hydrogens (tertiary/aromatic N) is 5. The van der Waals surface area contributed by atoms with E-state index in [0.29, 0.717) is 24.6 Å². The summed E-state index contributed by atoms with van der Waals surface area (Å²) in [6, 6.07) is 6.73. The molecule has 26 heavy (non-hydrogen) atoms. The summed E-state index contributed by atoms with van der Waals surface area (Å²) >= 11 is 5.87. The van der Waals surface area contributed by atoms with Gasteiger partial charge in [0.1, 0.15) is 11.6 Å². The van der Waals surface area contributed by atoms with E-state index in [1.54, 1.807) is 29.1 Å². The summed E-state index contributed by atoms with van der Waals surface area (Å²) in [4.78, 5) is 6.44. The Balaban J connectivity index is 1.49. The molecule has 0 unspecified atom stereocenters. The SMILES string of the molecule is Cn1ccnc1[C@H](O)c1cc2n(n1)CCN(Cc1ccc(F)c(Cl)c1)C2.